The molecule has 1 aliphatic heterocycles. The summed E-state index contributed by atoms with van der Waals surface area (Å²) in [6, 6.07) is 10.1. The molecule has 1 aromatic heterocycles. The second-order valence-electron chi connectivity index (χ2n) is 5.94. The Bertz CT molecular complexity index is 820. The van der Waals surface area contributed by atoms with E-state index in [-0.39, 0.29) is 29.8 Å². The molecule has 1 atom stereocenters. The summed E-state index contributed by atoms with van der Waals surface area (Å²) in [6.07, 6.45) is 2.16. The van der Waals surface area contributed by atoms with Crippen LogP contribution in [0.4, 0.5) is 0 Å². The minimum atomic E-state index is -3.66. The number of carbonyl (C=O) groups is 1. The van der Waals surface area contributed by atoms with E-state index in [0.29, 0.717) is 18.2 Å². The van der Waals surface area contributed by atoms with Crippen molar-refractivity contribution < 1.29 is 13.2 Å². The van der Waals surface area contributed by atoms with E-state index < -0.39 is 10.0 Å². The summed E-state index contributed by atoms with van der Waals surface area (Å²) in [5, 5.41) is 8.07. The highest BCUT2D eigenvalue weighted by molar-refractivity contribution is 7.89. The van der Waals surface area contributed by atoms with Gasteiger partial charge in [-0.3, -0.25) is 4.79 Å². The average molecular weight is 416 g/mol. The SMILES string of the molecule is Cl.O=C(NCC1CCCN1)c1cccc(S(=O)(=O)NCc2cccs2)c1. The molecule has 1 fully saturated rings. The van der Waals surface area contributed by atoms with Gasteiger partial charge in [0.15, 0.2) is 0 Å². The van der Waals surface area contributed by atoms with Crippen molar-refractivity contribution in [3.8, 4) is 0 Å². The Balaban J connectivity index is 0.00000243. The van der Waals surface area contributed by atoms with Crippen LogP contribution in [0.15, 0.2) is 46.7 Å². The van der Waals surface area contributed by atoms with E-state index in [9.17, 15) is 13.2 Å². The fraction of sp³-hybridized carbons (Fsp3) is 0.353. The van der Waals surface area contributed by atoms with E-state index >= 15 is 0 Å². The lowest BCUT2D eigenvalue weighted by molar-refractivity contribution is 0.0950. The number of halogens is 1. The number of sulfonamides is 1. The van der Waals surface area contributed by atoms with Gasteiger partial charge in [0.05, 0.1) is 4.90 Å². The molecule has 1 amide bonds. The van der Waals surface area contributed by atoms with E-state index in [1.165, 1.54) is 23.5 Å². The number of amides is 1. The topological polar surface area (TPSA) is 87.3 Å². The quantitative estimate of drug-likeness (QED) is 0.646. The van der Waals surface area contributed by atoms with E-state index in [1.807, 2.05) is 17.5 Å². The Morgan fingerprint density at radius 3 is 2.81 bits per heavy atom. The van der Waals surface area contributed by atoms with Gasteiger partial charge in [0.1, 0.15) is 0 Å². The van der Waals surface area contributed by atoms with Crippen LogP contribution >= 0.6 is 23.7 Å². The highest BCUT2D eigenvalue weighted by atomic mass is 35.5. The van der Waals surface area contributed by atoms with Crippen molar-refractivity contribution in [3.63, 3.8) is 0 Å². The maximum atomic E-state index is 12.4. The van der Waals surface area contributed by atoms with Crippen LogP contribution in [-0.4, -0.2) is 33.5 Å². The largest absolute Gasteiger partial charge is 0.350 e. The fourth-order valence-corrected chi connectivity index (χ4v) is 4.50. The van der Waals surface area contributed by atoms with Gasteiger partial charge in [-0.1, -0.05) is 12.1 Å². The fourth-order valence-electron chi connectivity index (χ4n) is 2.72. The molecule has 2 aromatic rings. The molecule has 142 valence electrons. The summed E-state index contributed by atoms with van der Waals surface area (Å²) >= 11 is 1.49. The van der Waals surface area contributed by atoms with Crippen LogP contribution in [0.5, 0.6) is 0 Å². The molecule has 0 radical (unpaired) electrons. The van der Waals surface area contributed by atoms with Gasteiger partial charge in [-0.05, 0) is 49.0 Å². The number of thiophene rings is 1. The monoisotopic (exact) mass is 415 g/mol. The van der Waals surface area contributed by atoms with Crippen molar-refractivity contribution in [2.24, 2.45) is 0 Å². The highest BCUT2D eigenvalue weighted by Crippen LogP contribution is 2.14. The summed E-state index contributed by atoms with van der Waals surface area (Å²) in [5.74, 6) is -0.260. The molecule has 1 aromatic carbocycles. The third kappa shape index (κ3) is 5.52. The first-order valence-electron chi connectivity index (χ1n) is 8.18. The zero-order valence-corrected chi connectivity index (χ0v) is 16.6. The molecular formula is C17H22ClN3O3S2. The second-order valence-corrected chi connectivity index (χ2v) is 8.73. The summed E-state index contributed by atoms with van der Waals surface area (Å²) in [7, 11) is -3.66. The Morgan fingerprint density at radius 1 is 1.27 bits per heavy atom. The predicted octanol–water partition coefficient (Wildman–Crippen LogP) is 2.13. The molecule has 6 nitrogen and oxygen atoms in total. The van der Waals surface area contributed by atoms with E-state index in [4.69, 9.17) is 0 Å². The van der Waals surface area contributed by atoms with Crippen LogP contribution in [0.3, 0.4) is 0 Å². The lowest BCUT2D eigenvalue weighted by atomic mass is 10.2. The molecule has 3 rings (SSSR count). The first-order valence-corrected chi connectivity index (χ1v) is 10.5. The minimum absolute atomic E-state index is 0. The third-order valence-electron chi connectivity index (χ3n) is 4.09. The first kappa shape index (κ1) is 20.9. The second kappa shape index (κ2) is 9.48. The molecule has 0 aliphatic carbocycles. The molecule has 0 saturated carbocycles. The smallest absolute Gasteiger partial charge is 0.251 e. The van der Waals surface area contributed by atoms with E-state index in [2.05, 4.69) is 15.4 Å². The Morgan fingerprint density at radius 2 is 2.12 bits per heavy atom. The van der Waals surface area contributed by atoms with Crippen LogP contribution in [0.2, 0.25) is 0 Å². The van der Waals surface area contributed by atoms with Crippen LogP contribution in [0.1, 0.15) is 28.1 Å². The van der Waals surface area contributed by atoms with Crippen LogP contribution in [0, 0.1) is 0 Å². The van der Waals surface area contributed by atoms with E-state index in [1.54, 1.807) is 12.1 Å². The summed E-state index contributed by atoms with van der Waals surface area (Å²) in [6.45, 7) is 1.76. The van der Waals surface area contributed by atoms with Crippen LogP contribution in [-0.2, 0) is 16.6 Å². The molecule has 9 heteroatoms. The van der Waals surface area contributed by atoms with Crippen molar-refractivity contribution in [1.82, 2.24) is 15.4 Å². The molecule has 26 heavy (non-hydrogen) atoms. The molecule has 2 heterocycles. The highest BCUT2D eigenvalue weighted by Gasteiger charge is 2.18. The van der Waals surface area contributed by atoms with Crippen LogP contribution < -0.4 is 15.4 Å². The molecule has 1 aliphatic rings. The van der Waals surface area contributed by atoms with Gasteiger partial charge in [-0.15, -0.1) is 23.7 Å². The van der Waals surface area contributed by atoms with Gasteiger partial charge in [0.2, 0.25) is 10.0 Å². The van der Waals surface area contributed by atoms with E-state index in [0.717, 1.165) is 24.3 Å². The van der Waals surface area contributed by atoms with Crippen LogP contribution in [0.25, 0.3) is 0 Å². The maximum absolute atomic E-state index is 12.4. The number of carbonyl (C=O) groups excluding carboxylic acids is 1. The van der Waals surface area contributed by atoms with Crippen molar-refractivity contribution in [1.29, 1.82) is 0 Å². The Labute approximate surface area is 163 Å². The lowest BCUT2D eigenvalue weighted by Gasteiger charge is -2.12. The van der Waals surface area contributed by atoms with Gasteiger partial charge in [-0.2, -0.15) is 0 Å². The number of benzene rings is 1. The first-order chi connectivity index (χ1) is 12.0. The molecule has 3 N–H and O–H groups in total. The van der Waals surface area contributed by atoms with Gasteiger partial charge < -0.3 is 10.6 Å². The Kier molecular flexibility index (Phi) is 7.60. The summed E-state index contributed by atoms with van der Waals surface area (Å²) in [4.78, 5) is 13.3. The minimum Gasteiger partial charge on any atom is -0.350 e. The summed E-state index contributed by atoms with van der Waals surface area (Å²) in [5.41, 5.74) is 0.344. The number of rotatable bonds is 7. The maximum Gasteiger partial charge on any atom is 0.251 e. The number of nitrogens with one attached hydrogen (secondary N) is 3. The van der Waals surface area contributed by atoms with Crippen molar-refractivity contribution in [2.75, 3.05) is 13.1 Å². The number of hydrogen-bond donors (Lipinski definition) is 3. The predicted molar refractivity (Wildman–Crippen MR) is 105 cm³/mol. The Hall–Kier alpha value is -1.45. The lowest BCUT2D eigenvalue weighted by Crippen LogP contribution is -2.37. The van der Waals surface area contributed by atoms with Gasteiger partial charge in [0.25, 0.3) is 5.91 Å². The molecule has 1 saturated heterocycles. The van der Waals surface area contributed by atoms with Gasteiger partial charge in [0, 0.05) is 29.6 Å². The van der Waals surface area contributed by atoms with Gasteiger partial charge in [-0.25, -0.2) is 13.1 Å². The van der Waals surface area contributed by atoms with Crippen molar-refractivity contribution in [3.05, 3.63) is 52.2 Å². The molecule has 1 unspecified atom stereocenters. The molecule has 0 spiro atoms. The third-order valence-corrected chi connectivity index (χ3v) is 6.37. The van der Waals surface area contributed by atoms with Crippen molar-refractivity contribution >= 4 is 39.7 Å². The summed E-state index contributed by atoms with van der Waals surface area (Å²) < 4.78 is 27.4. The standard InChI is InChI=1S/C17H21N3O3S2.ClH/c21-17(19-11-14-5-2-8-18-14)13-4-1-7-16(10-13)25(22,23)20-12-15-6-3-9-24-15;/h1,3-4,6-7,9-10,14,18,20H,2,5,8,11-12H2,(H,19,21);1H. The number of hydrogen-bond acceptors (Lipinski definition) is 5. The van der Waals surface area contributed by atoms with Gasteiger partial charge >= 0.3 is 0 Å². The average Bonchev–Trinajstić information content (AvgIpc) is 3.31. The zero-order valence-electron chi connectivity index (χ0n) is 14.1. The normalized spacial score (nSPS) is 16.8. The molecular weight excluding hydrogens is 394 g/mol. The molecule has 0 bridgehead atoms. The zero-order chi connectivity index (χ0) is 17.7. The van der Waals surface area contributed by atoms with Crippen molar-refractivity contribution in [2.45, 2.75) is 30.3 Å².